The Kier molecular flexibility index (Phi) is 4.09. The molecule has 3 heteroatoms. The maximum Gasteiger partial charge on any atom is 0.205 e. The van der Waals surface area contributed by atoms with Gasteiger partial charge < -0.3 is 0 Å². The largest absolute Gasteiger partial charge is 0.295 e. The summed E-state index contributed by atoms with van der Waals surface area (Å²) in [5, 5.41) is 0. The fraction of sp³-hybridized carbons (Fsp3) is 0.222. The molecule has 1 aromatic heterocycles. The van der Waals surface area contributed by atoms with Crippen LogP contribution in [-0.2, 0) is 6.54 Å². The number of hydrogen-bond acceptors (Lipinski definition) is 2. The molecule has 0 radical (unpaired) electrons. The molecule has 21 heavy (non-hydrogen) atoms. The van der Waals surface area contributed by atoms with E-state index >= 15 is 0 Å². The first kappa shape index (κ1) is 13.5. The number of nitrogens with zero attached hydrogens (tertiary/aromatic N) is 3. The number of benzene rings is 1. The second-order valence-electron chi connectivity index (χ2n) is 5.21. The van der Waals surface area contributed by atoms with E-state index in [1.165, 1.54) is 11.1 Å². The molecule has 2 aromatic rings. The van der Waals surface area contributed by atoms with Crippen LogP contribution in [0, 0.1) is 6.57 Å². The molecule has 0 spiro atoms. The molecule has 0 saturated carbocycles. The molecule has 3 rings (SSSR count). The van der Waals surface area contributed by atoms with Gasteiger partial charge in [-0.3, -0.25) is 9.88 Å². The number of pyridine rings is 1. The first-order valence-corrected chi connectivity index (χ1v) is 7.14. The zero-order valence-electron chi connectivity index (χ0n) is 11.9. The lowest BCUT2D eigenvalue weighted by Gasteiger charge is -2.26. The van der Waals surface area contributed by atoms with Gasteiger partial charge in [-0.15, -0.1) is 0 Å². The Labute approximate surface area is 125 Å². The third-order valence-electron chi connectivity index (χ3n) is 3.75. The van der Waals surface area contributed by atoms with E-state index in [2.05, 4.69) is 51.1 Å². The Morgan fingerprint density at radius 3 is 2.62 bits per heavy atom. The van der Waals surface area contributed by atoms with Gasteiger partial charge in [0.25, 0.3) is 0 Å². The average molecular weight is 275 g/mol. The zero-order valence-corrected chi connectivity index (χ0v) is 11.9. The minimum absolute atomic E-state index is 0.598. The smallest absolute Gasteiger partial charge is 0.205 e. The third-order valence-corrected chi connectivity index (χ3v) is 3.75. The Hall–Kier alpha value is -2.44. The first-order valence-electron chi connectivity index (χ1n) is 7.14. The predicted molar refractivity (Wildman–Crippen MR) is 84.8 cm³/mol. The van der Waals surface area contributed by atoms with Crippen LogP contribution in [0.25, 0.3) is 10.4 Å². The number of hydrogen-bond donors (Lipinski definition) is 0. The van der Waals surface area contributed by atoms with Crippen LogP contribution in [0.2, 0.25) is 0 Å². The van der Waals surface area contributed by atoms with Crippen molar-refractivity contribution in [3.63, 3.8) is 0 Å². The average Bonchev–Trinajstić information content (AvgIpc) is 2.57. The second-order valence-corrected chi connectivity index (χ2v) is 5.21. The Morgan fingerprint density at radius 1 is 1.14 bits per heavy atom. The zero-order chi connectivity index (χ0) is 14.5. The summed E-state index contributed by atoms with van der Waals surface area (Å²) in [6.07, 6.45) is 4.92. The van der Waals surface area contributed by atoms with Gasteiger partial charge in [0.2, 0.25) is 5.69 Å². The highest BCUT2D eigenvalue weighted by Gasteiger charge is 2.13. The van der Waals surface area contributed by atoms with Crippen LogP contribution in [0.1, 0.15) is 17.7 Å². The van der Waals surface area contributed by atoms with Gasteiger partial charge in [-0.1, -0.05) is 42.5 Å². The van der Waals surface area contributed by atoms with Gasteiger partial charge in [0.05, 0.1) is 12.3 Å². The SMILES string of the molecule is [C-]#[N+]c1ccc(C2=CCN(Cc3ccccc3)CC2)nc1. The summed E-state index contributed by atoms with van der Waals surface area (Å²) in [5.74, 6) is 0. The molecule has 1 aliphatic rings. The molecule has 0 unspecified atom stereocenters. The highest BCUT2D eigenvalue weighted by atomic mass is 15.1. The van der Waals surface area contributed by atoms with E-state index in [0.29, 0.717) is 5.69 Å². The summed E-state index contributed by atoms with van der Waals surface area (Å²) in [7, 11) is 0. The predicted octanol–water partition coefficient (Wildman–Crippen LogP) is 3.92. The minimum atomic E-state index is 0.598. The van der Waals surface area contributed by atoms with E-state index in [-0.39, 0.29) is 0 Å². The molecule has 0 N–H and O–H groups in total. The fourth-order valence-electron chi connectivity index (χ4n) is 2.57. The lowest BCUT2D eigenvalue weighted by Crippen LogP contribution is -2.28. The molecule has 104 valence electrons. The summed E-state index contributed by atoms with van der Waals surface area (Å²) in [4.78, 5) is 10.2. The summed E-state index contributed by atoms with van der Waals surface area (Å²) < 4.78 is 0. The van der Waals surface area contributed by atoms with Crippen LogP contribution in [0.3, 0.4) is 0 Å². The summed E-state index contributed by atoms with van der Waals surface area (Å²) in [6.45, 7) is 9.95. The standard InChI is InChI=1S/C18H17N3/c1-19-17-7-8-18(20-13-17)16-9-11-21(12-10-16)14-15-5-3-2-4-6-15/h2-9,13H,10-12,14H2. The van der Waals surface area contributed by atoms with Gasteiger partial charge in [-0.25, -0.2) is 4.85 Å². The van der Waals surface area contributed by atoms with Gasteiger partial charge in [0, 0.05) is 25.8 Å². The maximum atomic E-state index is 6.96. The van der Waals surface area contributed by atoms with Crippen molar-refractivity contribution >= 4 is 11.3 Å². The lowest BCUT2D eigenvalue weighted by molar-refractivity contribution is 0.294. The molecule has 0 saturated heterocycles. The minimum Gasteiger partial charge on any atom is -0.295 e. The molecule has 2 heterocycles. The van der Waals surface area contributed by atoms with E-state index in [1.54, 1.807) is 6.20 Å². The van der Waals surface area contributed by atoms with E-state index in [1.807, 2.05) is 12.1 Å². The molecule has 0 aliphatic carbocycles. The van der Waals surface area contributed by atoms with E-state index in [9.17, 15) is 0 Å². The molecular formula is C18H17N3. The number of rotatable bonds is 3. The molecule has 1 aliphatic heterocycles. The maximum absolute atomic E-state index is 6.96. The van der Waals surface area contributed by atoms with Crippen molar-refractivity contribution in [1.29, 1.82) is 0 Å². The van der Waals surface area contributed by atoms with Gasteiger partial charge in [-0.05, 0) is 23.6 Å². The molecule has 0 fully saturated rings. The van der Waals surface area contributed by atoms with Gasteiger partial charge in [0.15, 0.2) is 0 Å². The monoisotopic (exact) mass is 275 g/mol. The van der Waals surface area contributed by atoms with E-state index < -0.39 is 0 Å². The number of aromatic nitrogens is 1. The second kappa shape index (κ2) is 6.34. The van der Waals surface area contributed by atoms with Crippen LogP contribution in [0.5, 0.6) is 0 Å². The summed E-state index contributed by atoms with van der Waals surface area (Å²) in [6, 6.07) is 14.4. The van der Waals surface area contributed by atoms with Crippen molar-refractivity contribution in [2.45, 2.75) is 13.0 Å². The highest BCUT2D eigenvalue weighted by molar-refractivity contribution is 5.64. The summed E-state index contributed by atoms with van der Waals surface area (Å²) in [5.41, 5.74) is 4.24. The normalized spacial score (nSPS) is 15.3. The van der Waals surface area contributed by atoms with Crippen LogP contribution in [0.15, 0.2) is 54.7 Å². The lowest BCUT2D eigenvalue weighted by atomic mass is 10.0. The molecule has 3 nitrogen and oxygen atoms in total. The van der Waals surface area contributed by atoms with Crippen molar-refractivity contribution in [2.75, 3.05) is 13.1 Å². The van der Waals surface area contributed by atoms with E-state index in [4.69, 9.17) is 6.57 Å². The van der Waals surface area contributed by atoms with Gasteiger partial charge in [0.1, 0.15) is 0 Å². The fourth-order valence-corrected chi connectivity index (χ4v) is 2.57. The van der Waals surface area contributed by atoms with Crippen LogP contribution < -0.4 is 0 Å². The van der Waals surface area contributed by atoms with Crippen LogP contribution in [0.4, 0.5) is 5.69 Å². The van der Waals surface area contributed by atoms with Crippen molar-refractivity contribution in [3.8, 4) is 0 Å². The van der Waals surface area contributed by atoms with E-state index in [0.717, 1.165) is 31.7 Å². The first-order chi connectivity index (χ1) is 10.3. The molecule has 0 amide bonds. The quantitative estimate of drug-likeness (QED) is 0.791. The summed E-state index contributed by atoms with van der Waals surface area (Å²) >= 11 is 0. The van der Waals surface area contributed by atoms with Gasteiger partial charge in [-0.2, -0.15) is 0 Å². The topological polar surface area (TPSA) is 20.5 Å². The highest BCUT2D eigenvalue weighted by Crippen LogP contribution is 2.23. The van der Waals surface area contributed by atoms with Crippen molar-refractivity contribution in [1.82, 2.24) is 9.88 Å². The molecule has 1 aromatic carbocycles. The van der Waals surface area contributed by atoms with Gasteiger partial charge >= 0.3 is 0 Å². The Balaban J connectivity index is 1.65. The molecular weight excluding hydrogens is 258 g/mol. The molecule has 0 bridgehead atoms. The van der Waals surface area contributed by atoms with Crippen LogP contribution >= 0.6 is 0 Å². The van der Waals surface area contributed by atoms with Crippen molar-refractivity contribution in [3.05, 3.63) is 77.4 Å². The third kappa shape index (κ3) is 3.36. The Morgan fingerprint density at radius 2 is 2.00 bits per heavy atom. The Bertz CT molecular complexity index is 666. The van der Waals surface area contributed by atoms with Crippen molar-refractivity contribution in [2.24, 2.45) is 0 Å². The van der Waals surface area contributed by atoms with Crippen molar-refractivity contribution < 1.29 is 0 Å². The van der Waals surface area contributed by atoms with Crippen LogP contribution in [-0.4, -0.2) is 23.0 Å². The molecule has 0 atom stereocenters.